The van der Waals surface area contributed by atoms with Crippen LogP contribution in [0.4, 0.5) is 0 Å². The van der Waals surface area contributed by atoms with E-state index in [9.17, 15) is 8.42 Å². The molecule has 0 aliphatic heterocycles. The van der Waals surface area contributed by atoms with Crippen molar-refractivity contribution in [2.24, 2.45) is 0 Å². The molecule has 86 valence electrons. The average molecular weight is 238 g/mol. The molecule has 5 heteroatoms. The minimum atomic E-state index is -3.27. The largest absolute Gasteiger partial charge is 0.319 e. The molecule has 16 heavy (non-hydrogen) atoms. The Hall–Kier alpha value is -1.28. The molecule has 0 spiro atoms. The third kappa shape index (κ3) is 2.27. The summed E-state index contributed by atoms with van der Waals surface area (Å²) in [6.07, 6.45) is 11.5. The van der Waals surface area contributed by atoms with E-state index in [0.29, 0.717) is 18.9 Å². The van der Waals surface area contributed by atoms with E-state index in [0.717, 1.165) is 12.8 Å². The van der Waals surface area contributed by atoms with Crippen LogP contribution in [-0.4, -0.2) is 23.7 Å². The van der Waals surface area contributed by atoms with Crippen LogP contribution in [0.5, 0.6) is 0 Å². The van der Waals surface area contributed by atoms with E-state index < -0.39 is 9.84 Å². The van der Waals surface area contributed by atoms with E-state index in [2.05, 4.69) is 10.9 Å². The van der Waals surface area contributed by atoms with Gasteiger partial charge in [-0.15, -0.1) is 12.3 Å². The molecule has 0 radical (unpaired) electrons. The van der Waals surface area contributed by atoms with Crippen LogP contribution in [0.1, 0.15) is 31.7 Å². The summed E-state index contributed by atoms with van der Waals surface area (Å²) in [5, 5.41) is 0.201. The lowest BCUT2D eigenvalue weighted by Crippen LogP contribution is -2.13. The number of rotatable bonds is 5. The normalized spacial score (nSPS) is 15.9. The van der Waals surface area contributed by atoms with Gasteiger partial charge in [-0.3, -0.25) is 0 Å². The molecule has 1 heterocycles. The zero-order chi connectivity index (χ0) is 11.6. The maximum absolute atomic E-state index is 12.0. The van der Waals surface area contributed by atoms with Crippen molar-refractivity contribution in [1.82, 2.24) is 9.55 Å². The van der Waals surface area contributed by atoms with Gasteiger partial charge < -0.3 is 4.57 Å². The quantitative estimate of drug-likeness (QED) is 0.575. The van der Waals surface area contributed by atoms with Crippen LogP contribution < -0.4 is 0 Å². The Labute approximate surface area is 95.6 Å². The molecule has 2 rings (SSSR count). The summed E-state index contributed by atoms with van der Waals surface area (Å²) in [4.78, 5) is 3.95. The lowest BCUT2D eigenvalue weighted by molar-refractivity contribution is 0.563. The van der Waals surface area contributed by atoms with Gasteiger partial charge in [0.05, 0.1) is 5.75 Å². The van der Waals surface area contributed by atoms with E-state index in [4.69, 9.17) is 6.42 Å². The van der Waals surface area contributed by atoms with Gasteiger partial charge in [0, 0.05) is 24.9 Å². The maximum atomic E-state index is 12.0. The second-order valence-electron chi connectivity index (χ2n) is 3.97. The van der Waals surface area contributed by atoms with Gasteiger partial charge in [0.1, 0.15) is 0 Å². The number of hydrogen-bond acceptors (Lipinski definition) is 3. The summed E-state index contributed by atoms with van der Waals surface area (Å²) in [7, 11) is -3.27. The predicted molar refractivity (Wildman–Crippen MR) is 60.6 cm³/mol. The summed E-state index contributed by atoms with van der Waals surface area (Å²) >= 11 is 0. The fraction of sp³-hybridized carbons (Fsp3) is 0.545. The van der Waals surface area contributed by atoms with Crippen molar-refractivity contribution in [2.45, 2.75) is 36.9 Å². The van der Waals surface area contributed by atoms with Crippen molar-refractivity contribution in [3.05, 3.63) is 12.4 Å². The summed E-state index contributed by atoms with van der Waals surface area (Å²) in [6, 6.07) is 0.333. The number of sulfone groups is 1. The van der Waals surface area contributed by atoms with Gasteiger partial charge in [0.15, 0.2) is 0 Å². The molecule has 0 amide bonds. The molecule has 1 aliphatic carbocycles. The van der Waals surface area contributed by atoms with Crippen molar-refractivity contribution < 1.29 is 8.42 Å². The van der Waals surface area contributed by atoms with Crippen LogP contribution in [0.15, 0.2) is 17.6 Å². The Bertz CT molecular complexity index is 506. The van der Waals surface area contributed by atoms with E-state index in [-0.39, 0.29) is 10.9 Å². The SMILES string of the molecule is C#CCCCS(=O)(=O)c1nccn1C1CC1. The molecule has 1 aliphatic rings. The van der Waals surface area contributed by atoms with E-state index in [1.807, 2.05) is 0 Å². The van der Waals surface area contributed by atoms with Gasteiger partial charge in [0.2, 0.25) is 15.0 Å². The zero-order valence-corrected chi connectivity index (χ0v) is 9.78. The first-order chi connectivity index (χ1) is 7.65. The van der Waals surface area contributed by atoms with Gasteiger partial charge in [-0.25, -0.2) is 13.4 Å². The molecule has 1 saturated carbocycles. The molecule has 1 aromatic heterocycles. The van der Waals surface area contributed by atoms with Crippen molar-refractivity contribution in [1.29, 1.82) is 0 Å². The molecule has 0 bridgehead atoms. The first-order valence-electron chi connectivity index (χ1n) is 5.34. The highest BCUT2D eigenvalue weighted by atomic mass is 32.2. The number of terminal acetylenes is 1. The van der Waals surface area contributed by atoms with Gasteiger partial charge in [-0.2, -0.15) is 0 Å². The van der Waals surface area contributed by atoms with Gasteiger partial charge in [0.25, 0.3) is 0 Å². The van der Waals surface area contributed by atoms with Crippen LogP contribution in [0.2, 0.25) is 0 Å². The molecule has 1 fully saturated rings. The number of unbranched alkanes of at least 4 members (excludes halogenated alkanes) is 1. The Balaban J connectivity index is 2.15. The zero-order valence-electron chi connectivity index (χ0n) is 8.96. The topological polar surface area (TPSA) is 52.0 Å². The number of imidazole rings is 1. The molecular formula is C11H14N2O2S. The first-order valence-corrected chi connectivity index (χ1v) is 6.99. The molecule has 4 nitrogen and oxygen atoms in total. The number of hydrogen-bond donors (Lipinski definition) is 0. The van der Waals surface area contributed by atoms with E-state index in [1.54, 1.807) is 17.0 Å². The summed E-state index contributed by atoms with van der Waals surface area (Å²) in [6.45, 7) is 0. The smallest absolute Gasteiger partial charge is 0.227 e. The lowest BCUT2D eigenvalue weighted by Gasteiger charge is -2.06. The molecule has 0 unspecified atom stereocenters. The highest BCUT2D eigenvalue weighted by molar-refractivity contribution is 7.91. The molecule has 1 aromatic rings. The molecule has 0 saturated heterocycles. The minimum absolute atomic E-state index is 0.0843. The third-order valence-electron chi connectivity index (χ3n) is 2.59. The van der Waals surface area contributed by atoms with Crippen LogP contribution in [0.25, 0.3) is 0 Å². The summed E-state index contributed by atoms with van der Waals surface area (Å²) in [5.74, 6) is 2.53. The number of aromatic nitrogens is 2. The third-order valence-corrected chi connectivity index (χ3v) is 4.28. The van der Waals surface area contributed by atoms with Crippen LogP contribution in [0.3, 0.4) is 0 Å². The molecule has 0 atom stereocenters. The molecular weight excluding hydrogens is 224 g/mol. The van der Waals surface area contributed by atoms with E-state index >= 15 is 0 Å². The first kappa shape index (κ1) is 11.2. The fourth-order valence-corrected chi connectivity index (χ4v) is 3.09. The van der Waals surface area contributed by atoms with Crippen LogP contribution >= 0.6 is 0 Å². The highest BCUT2D eigenvalue weighted by Crippen LogP contribution is 2.36. The van der Waals surface area contributed by atoms with Gasteiger partial charge >= 0.3 is 0 Å². The van der Waals surface area contributed by atoms with Crippen LogP contribution in [0, 0.1) is 12.3 Å². The van der Waals surface area contributed by atoms with Crippen molar-refractivity contribution in [3.63, 3.8) is 0 Å². The van der Waals surface area contributed by atoms with Crippen molar-refractivity contribution in [3.8, 4) is 12.3 Å². The van der Waals surface area contributed by atoms with Crippen LogP contribution in [-0.2, 0) is 9.84 Å². The van der Waals surface area contributed by atoms with Crippen molar-refractivity contribution in [2.75, 3.05) is 5.75 Å². The maximum Gasteiger partial charge on any atom is 0.227 e. The highest BCUT2D eigenvalue weighted by Gasteiger charge is 2.30. The summed E-state index contributed by atoms with van der Waals surface area (Å²) in [5.41, 5.74) is 0. The predicted octanol–water partition coefficient (Wildman–Crippen LogP) is 1.41. The standard InChI is InChI=1S/C11H14N2O2S/c1-2-3-4-9-16(14,15)11-12-7-8-13(11)10-5-6-10/h1,7-8,10H,3-6,9H2. The van der Waals surface area contributed by atoms with Gasteiger partial charge in [-0.1, -0.05) is 0 Å². The van der Waals surface area contributed by atoms with Gasteiger partial charge in [-0.05, 0) is 19.3 Å². The Kier molecular flexibility index (Phi) is 3.01. The minimum Gasteiger partial charge on any atom is -0.319 e. The second-order valence-corrected chi connectivity index (χ2v) is 5.98. The van der Waals surface area contributed by atoms with E-state index in [1.165, 1.54) is 0 Å². The Morgan fingerprint density at radius 1 is 1.56 bits per heavy atom. The number of nitrogens with zero attached hydrogens (tertiary/aromatic N) is 2. The summed E-state index contributed by atoms with van der Waals surface area (Å²) < 4.78 is 25.7. The van der Waals surface area contributed by atoms with Crippen molar-refractivity contribution >= 4 is 9.84 Å². The fourth-order valence-electron chi connectivity index (χ4n) is 1.63. The Morgan fingerprint density at radius 3 is 2.94 bits per heavy atom. The molecule has 0 aromatic carbocycles. The average Bonchev–Trinajstić information content (AvgIpc) is 2.96. The Morgan fingerprint density at radius 2 is 2.31 bits per heavy atom. The second kappa shape index (κ2) is 4.30. The lowest BCUT2D eigenvalue weighted by atomic mass is 10.4. The molecule has 0 N–H and O–H groups in total. The monoisotopic (exact) mass is 238 g/mol.